The summed E-state index contributed by atoms with van der Waals surface area (Å²) in [4.78, 5) is 11.6. The van der Waals surface area contributed by atoms with Crippen LogP contribution < -0.4 is 13.8 Å². The van der Waals surface area contributed by atoms with Crippen LogP contribution in [0.1, 0.15) is 18.0 Å². The molecule has 0 spiro atoms. The Labute approximate surface area is 170 Å². The number of hydrogen-bond acceptors (Lipinski definition) is 4. The predicted octanol–water partition coefficient (Wildman–Crippen LogP) is 4.02. The number of anilines is 1. The van der Waals surface area contributed by atoms with Crippen molar-refractivity contribution < 1.29 is 28.1 Å². The molecule has 7 nitrogen and oxygen atoms in total. The van der Waals surface area contributed by atoms with Crippen molar-refractivity contribution in [1.82, 2.24) is 0 Å². The van der Waals surface area contributed by atoms with Crippen molar-refractivity contribution in [3.63, 3.8) is 0 Å². The maximum atomic E-state index is 12.3. The number of benzene rings is 3. The van der Waals surface area contributed by atoms with Crippen LogP contribution in [0.4, 0.5) is 5.69 Å². The Morgan fingerprint density at radius 1 is 1.00 bits per heavy atom. The van der Waals surface area contributed by atoms with Gasteiger partial charge in [-0.15, -0.1) is 0 Å². The molecule has 0 aliphatic carbocycles. The highest BCUT2D eigenvalue weighted by Crippen LogP contribution is 2.36. The van der Waals surface area contributed by atoms with E-state index in [4.69, 9.17) is 9.47 Å². The van der Waals surface area contributed by atoms with Gasteiger partial charge in [-0.1, -0.05) is 30.3 Å². The standard InChI is InChI=1S/C21H21NO6S/c1-27-18-10-16(11-19(12-18)28-2)20(13-21(23)24)22(29(25)26)17-8-7-14-5-3-4-6-15(14)9-17/h3-12,20H,13H2,1-2H3,(H,23,24)(H,25,26). The number of fused-ring (bicyclic) bond motifs is 1. The molecule has 0 bridgehead atoms. The molecule has 0 aliphatic heterocycles. The lowest BCUT2D eigenvalue weighted by atomic mass is 10.0. The normalized spacial score (nSPS) is 12.9. The van der Waals surface area contributed by atoms with E-state index in [0.29, 0.717) is 22.7 Å². The lowest BCUT2D eigenvalue weighted by Crippen LogP contribution is -2.32. The summed E-state index contributed by atoms with van der Waals surface area (Å²) in [5.41, 5.74) is 0.914. The summed E-state index contributed by atoms with van der Waals surface area (Å²) in [6, 6.07) is 16.9. The van der Waals surface area contributed by atoms with E-state index >= 15 is 0 Å². The zero-order valence-electron chi connectivity index (χ0n) is 15.9. The molecule has 3 rings (SSSR count). The highest BCUT2D eigenvalue weighted by atomic mass is 32.2. The van der Waals surface area contributed by atoms with Gasteiger partial charge in [-0.3, -0.25) is 13.7 Å². The second kappa shape index (κ2) is 8.93. The average molecular weight is 415 g/mol. The zero-order valence-corrected chi connectivity index (χ0v) is 16.8. The SMILES string of the molecule is COc1cc(OC)cc(C(CC(=O)O)N(c2ccc3ccccc3c2)S(=O)O)c1. The highest BCUT2D eigenvalue weighted by molar-refractivity contribution is 7.80. The molecule has 0 aromatic heterocycles. The number of carboxylic acid groups (broad SMARTS) is 1. The van der Waals surface area contributed by atoms with E-state index < -0.39 is 29.7 Å². The van der Waals surface area contributed by atoms with E-state index in [1.54, 1.807) is 30.3 Å². The Balaban J connectivity index is 2.15. The van der Waals surface area contributed by atoms with Gasteiger partial charge in [0.1, 0.15) is 11.5 Å². The molecule has 2 unspecified atom stereocenters. The molecule has 0 radical (unpaired) electrons. The van der Waals surface area contributed by atoms with E-state index in [1.165, 1.54) is 18.5 Å². The molecule has 8 heteroatoms. The molecule has 3 aromatic rings. The van der Waals surface area contributed by atoms with Crippen LogP contribution in [0.25, 0.3) is 10.8 Å². The van der Waals surface area contributed by atoms with Gasteiger partial charge < -0.3 is 14.6 Å². The second-order valence-corrected chi connectivity index (χ2v) is 7.20. The zero-order chi connectivity index (χ0) is 21.0. The molecule has 0 amide bonds. The van der Waals surface area contributed by atoms with Gasteiger partial charge in [0.25, 0.3) is 11.3 Å². The smallest absolute Gasteiger partial charge is 0.305 e. The summed E-state index contributed by atoms with van der Waals surface area (Å²) in [5.74, 6) is -0.193. The quantitative estimate of drug-likeness (QED) is 0.540. The maximum absolute atomic E-state index is 12.3. The first-order valence-corrected chi connectivity index (χ1v) is 9.83. The van der Waals surface area contributed by atoms with Crippen molar-refractivity contribution in [2.45, 2.75) is 12.5 Å². The third-order valence-corrected chi connectivity index (χ3v) is 5.37. The van der Waals surface area contributed by atoms with Crippen LogP contribution in [0.3, 0.4) is 0 Å². The molecule has 0 saturated heterocycles. The monoisotopic (exact) mass is 415 g/mol. The van der Waals surface area contributed by atoms with Crippen molar-refractivity contribution in [3.8, 4) is 11.5 Å². The van der Waals surface area contributed by atoms with Crippen LogP contribution in [0.15, 0.2) is 60.7 Å². The summed E-state index contributed by atoms with van der Waals surface area (Å²) < 4.78 is 34.1. The number of nitrogens with zero attached hydrogens (tertiary/aromatic N) is 1. The van der Waals surface area contributed by atoms with Gasteiger partial charge in [0.05, 0.1) is 32.4 Å². The number of hydrogen-bond donors (Lipinski definition) is 2. The minimum Gasteiger partial charge on any atom is -0.497 e. The first-order chi connectivity index (χ1) is 13.9. The van der Waals surface area contributed by atoms with Gasteiger partial charge in [-0.2, -0.15) is 0 Å². The Morgan fingerprint density at radius 3 is 2.17 bits per heavy atom. The summed E-state index contributed by atoms with van der Waals surface area (Å²) >= 11 is -2.47. The third kappa shape index (κ3) is 4.67. The van der Waals surface area contributed by atoms with Crippen molar-refractivity contribution in [1.29, 1.82) is 0 Å². The van der Waals surface area contributed by atoms with Crippen LogP contribution in [-0.4, -0.2) is 34.1 Å². The van der Waals surface area contributed by atoms with E-state index in [0.717, 1.165) is 10.8 Å². The summed E-state index contributed by atoms with van der Waals surface area (Å²) in [7, 11) is 2.96. The maximum Gasteiger partial charge on any atom is 0.305 e. The molecule has 0 heterocycles. The number of carboxylic acids is 1. The molecule has 29 heavy (non-hydrogen) atoms. The molecule has 0 aliphatic rings. The number of rotatable bonds is 8. The average Bonchev–Trinajstić information content (AvgIpc) is 2.72. The summed E-state index contributed by atoms with van der Waals surface area (Å²) in [6.45, 7) is 0. The summed E-state index contributed by atoms with van der Waals surface area (Å²) in [6.07, 6.45) is -0.393. The fourth-order valence-corrected chi connectivity index (χ4v) is 3.92. The minimum atomic E-state index is -2.47. The van der Waals surface area contributed by atoms with Gasteiger partial charge in [0.2, 0.25) is 0 Å². The summed E-state index contributed by atoms with van der Waals surface area (Å²) in [5, 5.41) is 11.3. The minimum absolute atomic E-state index is 0.393. The van der Waals surface area contributed by atoms with Crippen molar-refractivity contribution in [3.05, 3.63) is 66.2 Å². The van der Waals surface area contributed by atoms with E-state index in [-0.39, 0.29) is 0 Å². The fourth-order valence-electron chi connectivity index (χ4n) is 3.22. The highest BCUT2D eigenvalue weighted by Gasteiger charge is 2.29. The molecular weight excluding hydrogens is 394 g/mol. The first kappa shape index (κ1) is 20.6. The third-order valence-electron chi connectivity index (χ3n) is 4.57. The number of carbonyl (C=O) groups is 1. The van der Waals surface area contributed by atoms with E-state index in [9.17, 15) is 18.7 Å². The fraction of sp³-hybridized carbons (Fsp3) is 0.190. The lowest BCUT2D eigenvalue weighted by Gasteiger charge is -2.30. The molecule has 2 N–H and O–H groups in total. The van der Waals surface area contributed by atoms with Gasteiger partial charge >= 0.3 is 5.97 Å². The van der Waals surface area contributed by atoms with Gasteiger partial charge in [0, 0.05) is 6.07 Å². The topological polar surface area (TPSA) is 96.3 Å². The molecule has 0 fully saturated rings. The Kier molecular flexibility index (Phi) is 6.36. The van der Waals surface area contributed by atoms with Crippen LogP contribution in [-0.2, 0) is 16.1 Å². The van der Waals surface area contributed by atoms with Crippen LogP contribution in [0, 0.1) is 0 Å². The van der Waals surface area contributed by atoms with Gasteiger partial charge in [0.15, 0.2) is 0 Å². The van der Waals surface area contributed by atoms with Gasteiger partial charge in [-0.25, -0.2) is 4.21 Å². The Bertz CT molecular complexity index is 1030. The van der Waals surface area contributed by atoms with Crippen LogP contribution in [0.2, 0.25) is 0 Å². The predicted molar refractivity (Wildman–Crippen MR) is 112 cm³/mol. The number of ether oxygens (including phenoxy) is 2. The Morgan fingerprint density at radius 2 is 1.62 bits per heavy atom. The molecule has 3 aromatic carbocycles. The van der Waals surface area contributed by atoms with Crippen molar-refractivity contribution in [2.75, 3.05) is 18.5 Å². The molecule has 2 atom stereocenters. The van der Waals surface area contributed by atoms with Crippen LogP contribution in [0.5, 0.6) is 11.5 Å². The largest absolute Gasteiger partial charge is 0.497 e. The lowest BCUT2D eigenvalue weighted by molar-refractivity contribution is -0.137. The molecule has 152 valence electrons. The first-order valence-electron chi connectivity index (χ1n) is 8.76. The van der Waals surface area contributed by atoms with E-state index in [2.05, 4.69) is 0 Å². The molecule has 0 saturated carbocycles. The van der Waals surface area contributed by atoms with Crippen LogP contribution >= 0.6 is 0 Å². The Hall–Kier alpha value is -3.10. The second-order valence-electron chi connectivity index (χ2n) is 6.35. The van der Waals surface area contributed by atoms with Gasteiger partial charge in [-0.05, 0) is 40.6 Å². The number of aliphatic carboxylic acids is 1. The van der Waals surface area contributed by atoms with Crippen molar-refractivity contribution >= 4 is 33.7 Å². The molecular formula is C21H21NO6S. The van der Waals surface area contributed by atoms with Crippen molar-refractivity contribution in [2.24, 2.45) is 0 Å². The van der Waals surface area contributed by atoms with E-state index in [1.807, 2.05) is 30.3 Å². The number of methoxy groups -OCH3 is 2.